The van der Waals surface area contributed by atoms with E-state index in [4.69, 9.17) is 9.47 Å². The predicted octanol–water partition coefficient (Wildman–Crippen LogP) is 17.2. The fraction of sp³-hybridized carbons (Fsp3) is 0. The predicted molar refractivity (Wildman–Crippen MR) is 277 cm³/mol. The van der Waals surface area contributed by atoms with Crippen molar-refractivity contribution in [2.24, 2.45) is 0 Å². The molecule has 316 valence electrons. The van der Waals surface area contributed by atoms with Crippen molar-refractivity contribution in [3.8, 4) is 67.5 Å². The summed E-state index contributed by atoms with van der Waals surface area (Å²) in [5.41, 5.74) is 13.9. The van der Waals surface area contributed by atoms with E-state index in [2.05, 4.69) is 180 Å². The number of fused-ring (bicyclic) bond motifs is 14. The molecule has 10 aromatic carbocycles. The first-order valence-electron chi connectivity index (χ1n) is 22.4. The van der Waals surface area contributed by atoms with Gasteiger partial charge in [0, 0.05) is 76.1 Å². The average Bonchev–Trinajstić information content (AvgIpc) is 3.38. The van der Waals surface area contributed by atoms with E-state index in [1.54, 1.807) is 11.3 Å². The number of rotatable bonds is 2. The molecule has 67 heavy (non-hydrogen) atoms. The van der Waals surface area contributed by atoms with Crippen LogP contribution in [0.2, 0.25) is 0 Å². The molecule has 0 atom stereocenters. The SMILES string of the molecule is O=c1c2ccc(N3c4ccccc4-c4ccccc4Oc4ccccc4-c4ccccc43)cc2sc2cc(N3c4ccccc4-c4ccccc4Oc4ccccc4-c4ccccc43)ccc12. The van der Waals surface area contributed by atoms with Gasteiger partial charge in [-0.3, -0.25) is 4.79 Å². The molecule has 3 heterocycles. The van der Waals surface area contributed by atoms with Crippen LogP contribution in [0.5, 0.6) is 23.0 Å². The Kier molecular flexibility index (Phi) is 9.11. The lowest BCUT2D eigenvalue weighted by atomic mass is 9.96. The van der Waals surface area contributed by atoms with E-state index < -0.39 is 0 Å². The van der Waals surface area contributed by atoms with E-state index in [1.807, 2.05) is 60.7 Å². The summed E-state index contributed by atoms with van der Waals surface area (Å²) in [5, 5.41) is 1.37. The minimum atomic E-state index is 0.00497. The third-order valence-electron chi connectivity index (χ3n) is 12.9. The highest BCUT2D eigenvalue weighted by Crippen LogP contribution is 2.52. The third-order valence-corrected chi connectivity index (χ3v) is 14.0. The van der Waals surface area contributed by atoms with Gasteiger partial charge >= 0.3 is 0 Å². The molecule has 2 aliphatic rings. The van der Waals surface area contributed by atoms with Crippen molar-refractivity contribution in [2.75, 3.05) is 9.80 Å². The van der Waals surface area contributed by atoms with Crippen LogP contribution >= 0.6 is 11.3 Å². The van der Waals surface area contributed by atoms with E-state index in [0.29, 0.717) is 10.8 Å². The Hall–Kier alpha value is -8.71. The molecular weight excluding hydrogens is 841 g/mol. The molecule has 6 heteroatoms. The fourth-order valence-corrected chi connectivity index (χ4v) is 11.0. The molecule has 0 radical (unpaired) electrons. The standard InChI is InChI=1S/C61H38N2O3S/c64-61-49-35-33-39(62-51-25-9-1-17-41(51)45-21-5-13-29-55(45)65-56-30-14-6-22-46(56)42-18-2-10-26-52(42)62)37-59(49)67-60-38-40(34-36-50(60)61)63-53-27-11-3-19-43(53)47-23-7-15-31-57(47)66-58-32-16-8-24-48(58)44-20-4-12-28-54(44)63/h1-38H. The smallest absolute Gasteiger partial charge is 0.195 e. The summed E-state index contributed by atoms with van der Waals surface area (Å²) in [6.07, 6.45) is 0. The van der Waals surface area contributed by atoms with Crippen LogP contribution in [0.3, 0.4) is 0 Å². The van der Waals surface area contributed by atoms with Crippen molar-refractivity contribution in [1.29, 1.82) is 0 Å². The van der Waals surface area contributed by atoms with Crippen LogP contribution in [0.15, 0.2) is 235 Å². The van der Waals surface area contributed by atoms with Gasteiger partial charge in [0.2, 0.25) is 0 Å². The lowest BCUT2D eigenvalue weighted by molar-refractivity contribution is 0.486. The van der Waals surface area contributed by atoms with Crippen LogP contribution in [-0.2, 0) is 0 Å². The molecular formula is C61H38N2O3S. The summed E-state index contributed by atoms with van der Waals surface area (Å²) in [7, 11) is 0. The minimum absolute atomic E-state index is 0.00497. The van der Waals surface area contributed by atoms with Crippen molar-refractivity contribution < 1.29 is 9.47 Å². The highest BCUT2D eigenvalue weighted by Gasteiger charge is 2.27. The van der Waals surface area contributed by atoms with Gasteiger partial charge in [0.05, 0.1) is 22.7 Å². The van der Waals surface area contributed by atoms with Crippen LogP contribution in [0.1, 0.15) is 0 Å². The fourth-order valence-electron chi connectivity index (χ4n) is 9.86. The van der Waals surface area contributed by atoms with Gasteiger partial charge in [-0.25, -0.2) is 0 Å². The summed E-state index contributed by atoms with van der Waals surface area (Å²) in [6.45, 7) is 0. The zero-order valence-electron chi connectivity index (χ0n) is 36.0. The minimum Gasteiger partial charge on any atom is -0.456 e. The van der Waals surface area contributed by atoms with Crippen molar-refractivity contribution in [1.82, 2.24) is 0 Å². The number of hydrogen-bond acceptors (Lipinski definition) is 6. The second-order valence-corrected chi connectivity index (χ2v) is 17.8. The van der Waals surface area contributed by atoms with Gasteiger partial charge in [0.25, 0.3) is 0 Å². The molecule has 0 fully saturated rings. The molecule has 0 unspecified atom stereocenters. The summed E-state index contributed by atoms with van der Waals surface area (Å²) in [4.78, 5) is 19.4. The largest absolute Gasteiger partial charge is 0.456 e. The second-order valence-electron chi connectivity index (χ2n) is 16.7. The van der Waals surface area contributed by atoms with E-state index >= 15 is 0 Å². The number of para-hydroxylation sites is 8. The normalized spacial score (nSPS) is 12.4. The number of nitrogens with zero attached hydrogens (tertiary/aromatic N) is 2. The Morgan fingerprint density at radius 3 is 0.881 bits per heavy atom. The molecule has 0 saturated heterocycles. The van der Waals surface area contributed by atoms with Gasteiger partial charge in [-0.2, -0.15) is 0 Å². The maximum absolute atomic E-state index is 14.7. The van der Waals surface area contributed by atoms with E-state index in [0.717, 1.165) is 111 Å². The number of hydrogen-bond donors (Lipinski definition) is 0. The summed E-state index contributed by atoms with van der Waals surface area (Å²) in [6, 6.07) is 79.4. The Morgan fingerprint density at radius 2 is 0.567 bits per heavy atom. The van der Waals surface area contributed by atoms with E-state index in [-0.39, 0.29) is 5.43 Å². The third kappa shape index (κ3) is 6.41. The molecule has 0 spiro atoms. The van der Waals surface area contributed by atoms with Gasteiger partial charge < -0.3 is 19.3 Å². The molecule has 0 amide bonds. The van der Waals surface area contributed by atoms with Gasteiger partial charge in [-0.05, 0) is 84.9 Å². The maximum atomic E-state index is 14.7. The van der Waals surface area contributed by atoms with Crippen molar-refractivity contribution in [3.05, 3.63) is 241 Å². The molecule has 0 bridgehead atoms. The van der Waals surface area contributed by atoms with Crippen LogP contribution in [0, 0.1) is 0 Å². The molecule has 1 aromatic heterocycles. The first kappa shape index (κ1) is 38.7. The van der Waals surface area contributed by atoms with E-state index in [9.17, 15) is 4.79 Å². The molecule has 2 aliphatic heterocycles. The Balaban J connectivity index is 1.03. The molecule has 5 nitrogen and oxygen atoms in total. The van der Waals surface area contributed by atoms with Crippen LogP contribution < -0.4 is 24.7 Å². The Bertz CT molecular complexity index is 3420. The zero-order valence-corrected chi connectivity index (χ0v) is 36.8. The first-order chi connectivity index (χ1) is 33.2. The lowest BCUT2D eigenvalue weighted by Crippen LogP contribution is -2.14. The van der Waals surface area contributed by atoms with Gasteiger partial charge in [-0.1, -0.05) is 146 Å². The number of benzene rings is 10. The molecule has 11 aromatic rings. The van der Waals surface area contributed by atoms with Gasteiger partial charge in [0.15, 0.2) is 5.43 Å². The highest BCUT2D eigenvalue weighted by molar-refractivity contribution is 7.24. The van der Waals surface area contributed by atoms with Gasteiger partial charge in [0.1, 0.15) is 23.0 Å². The molecule has 13 rings (SSSR count). The zero-order chi connectivity index (χ0) is 44.4. The lowest BCUT2D eigenvalue weighted by Gasteiger charge is -2.31. The molecule has 0 aliphatic carbocycles. The van der Waals surface area contributed by atoms with Crippen LogP contribution in [0.25, 0.3) is 64.7 Å². The first-order valence-corrected chi connectivity index (χ1v) is 23.2. The topological polar surface area (TPSA) is 42.0 Å². The summed E-state index contributed by atoms with van der Waals surface area (Å²) in [5.74, 6) is 3.11. The highest BCUT2D eigenvalue weighted by atomic mass is 32.1. The van der Waals surface area contributed by atoms with Gasteiger partial charge in [-0.15, -0.1) is 11.3 Å². The van der Waals surface area contributed by atoms with E-state index in [1.165, 1.54) is 0 Å². The van der Waals surface area contributed by atoms with Crippen molar-refractivity contribution in [3.63, 3.8) is 0 Å². The number of ether oxygens (including phenoxy) is 2. The molecule has 0 saturated carbocycles. The maximum Gasteiger partial charge on any atom is 0.195 e. The average molecular weight is 879 g/mol. The van der Waals surface area contributed by atoms with Crippen LogP contribution in [0.4, 0.5) is 34.1 Å². The van der Waals surface area contributed by atoms with Crippen molar-refractivity contribution >= 4 is 65.6 Å². The second kappa shape index (κ2) is 15.8. The van der Waals surface area contributed by atoms with Crippen LogP contribution in [-0.4, -0.2) is 0 Å². The Morgan fingerprint density at radius 1 is 0.299 bits per heavy atom. The molecule has 0 N–H and O–H groups in total. The quantitative estimate of drug-likeness (QED) is 0.162. The monoisotopic (exact) mass is 878 g/mol. The van der Waals surface area contributed by atoms with Crippen molar-refractivity contribution in [2.45, 2.75) is 0 Å². The number of anilines is 6. The Labute approximate surface area is 391 Å². The summed E-state index contributed by atoms with van der Waals surface area (Å²) >= 11 is 1.64. The summed E-state index contributed by atoms with van der Waals surface area (Å²) < 4.78 is 15.3.